The maximum Gasteiger partial charge on any atom is 0.239 e. The zero-order valence-electron chi connectivity index (χ0n) is 11.8. The van der Waals surface area contributed by atoms with Gasteiger partial charge in [-0.3, -0.25) is 5.43 Å². The Hall–Kier alpha value is -1.07. The van der Waals surface area contributed by atoms with Crippen LogP contribution in [-0.2, 0) is 0 Å². The van der Waals surface area contributed by atoms with Gasteiger partial charge in [0.1, 0.15) is 5.02 Å². The molecule has 106 valence electrons. The molecule has 1 aromatic rings. The Labute approximate surface area is 119 Å². The van der Waals surface area contributed by atoms with Crippen molar-refractivity contribution >= 4 is 23.4 Å². The third kappa shape index (κ3) is 3.28. The fraction of sp³-hybridized carbons (Fsp3) is 0.692. The molecule has 0 spiro atoms. The Morgan fingerprint density at radius 1 is 1.37 bits per heavy atom. The van der Waals surface area contributed by atoms with Gasteiger partial charge in [-0.15, -0.1) is 0 Å². The van der Waals surface area contributed by atoms with Crippen molar-refractivity contribution in [2.75, 3.05) is 23.4 Å². The van der Waals surface area contributed by atoms with Crippen molar-refractivity contribution in [2.24, 2.45) is 17.2 Å². The predicted molar refractivity (Wildman–Crippen MR) is 79.2 cm³/mol. The zero-order chi connectivity index (χ0) is 14.0. The van der Waals surface area contributed by atoms with E-state index in [1.165, 1.54) is 0 Å². The molecule has 0 aliphatic carbocycles. The molecule has 2 heterocycles. The van der Waals surface area contributed by atoms with Crippen molar-refractivity contribution in [1.29, 1.82) is 0 Å². The van der Waals surface area contributed by atoms with Crippen molar-refractivity contribution in [1.82, 2.24) is 9.97 Å². The second-order valence-electron chi connectivity index (χ2n) is 6.14. The monoisotopic (exact) mass is 283 g/mol. The highest BCUT2D eigenvalue weighted by Crippen LogP contribution is 2.36. The van der Waals surface area contributed by atoms with E-state index in [-0.39, 0.29) is 0 Å². The number of nitrogens with zero attached hydrogens (tertiary/aromatic N) is 3. The summed E-state index contributed by atoms with van der Waals surface area (Å²) in [6, 6.07) is 0. The smallest absolute Gasteiger partial charge is 0.239 e. The lowest BCUT2D eigenvalue weighted by molar-refractivity contribution is 0.198. The highest BCUT2D eigenvalue weighted by Gasteiger charge is 2.29. The van der Waals surface area contributed by atoms with E-state index in [1.54, 1.807) is 6.20 Å². The van der Waals surface area contributed by atoms with Crippen LogP contribution < -0.4 is 16.2 Å². The third-order valence-corrected chi connectivity index (χ3v) is 4.14. The molecule has 0 radical (unpaired) electrons. The third-order valence-electron chi connectivity index (χ3n) is 3.87. The van der Waals surface area contributed by atoms with Crippen LogP contribution >= 0.6 is 11.6 Å². The molecule has 0 unspecified atom stereocenters. The number of nitrogens with one attached hydrogen (secondary N) is 1. The number of anilines is 2. The van der Waals surface area contributed by atoms with Crippen LogP contribution in [0.4, 0.5) is 11.8 Å². The summed E-state index contributed by atoms with van der Waals surface area (Å²) in [7, 11) is 0. The SMILES string of the molecule is CC(C)(C)C1CCN(c2nc(NN)ncc2Cl)CC1. The lowest BCUT2D eigenvalue weighted by Crippen LogP contribution is -2.38. The maximum absolute atomic E-state index is 6.18. The zero-order valence-corrected chi connectivity index (χ0v) is 12.5. The number of nitrogen functional groups attached to an aromatic ring is 1. The molecular formula is C13H22ClN5. The van der Waals surface area contributed by atoms with E-state index in [1.807, 2.05) is 0 Å². The van der Waals surface area contributed by atoms with E-state index < -0.39 is 0 Å². The van der Waals surface area contributed by atoms with Crippen molar-refractivity contribution in [3.8, 4) is 0 Å². The Kier molecular flexibility index (Phi) is 4.16. The summed E-state index contributed by atoms with van der Waals surface area (Å²) in [5.74, 6) is 7.26. The van der Waals surface area contributed by atoms with E-state index in [4.69, 9.17) is 17.4 Å². The summed E-state index contributed by atoms with van der Waals surface area (Å²) in [5, 5.41) is 0.577. The summed E-state index contributed by atoms with van der Waals surface area (Å²) >= 11 is 6.18. The van der Waals surface area contributed by atoms with Crippen LogP contribution in [0.3, 0.4) is 0 Å². The van der Waals surface area contributed by atoms with Gasteiger partial charge in [0.05, 0.1) is 6.20 Å². The molecule has 1 aliphatic rings. The van der Waals surface area contributed by atoms with E-state index >= 15 is 0 Å². The van der Waals surface area contributed by atoms with Gasteiger partial charge in [-0.25, -0.2) is 10.8 Å². The largest absolute Gasteiger partial charge is 0.355 e. The van der Waals surface area contributed by atoms with Crippen molar-refractivity contribution in [2.45, 2.75) is 33.6 Å². The van der Waals surface area contributed by atoms with Crippen LogP contribution in [0.15, 0.2) is 6.20 Å². The molecule has 1 aliphatic heterocycles. The summed E-state index contributed by atoms with van der Waals surface area (Å²) in [6.07, 6.45) is 3.92. The number of hydrazine groups is 1. The Bertz CT molecular complexity index is 435. The van der Waals surface area contributed by atoms with Gasteiger partial charge in [0.25, 0.3) is 0 Å². The average Bonchev–Trinajstić information content (AvgIpc) is 2.38. The second-order valence-corrected chi connectivity index (χ2v) is 6.54. The summed E-state index contributed by atoms with van der Waals surface area (Å²) < 4.78 is 0. The van der Waals surface area contributed by atoms with Gasteiger partial charge in [-0.05, 0) is 24.2 Å². The molecule has 0 saturated carbocycles. The fourth-order valence-electron chi connectivity index (χ4n) is 2.61. The van der Waals surface area contributed by atoms with Crippen LogP contribution in [0.5, 0.6) is 0 Å². The number of rotatable bonds is 2. The van der Waals surface area contributed by atoms with Crippen molar-refractivity contribution < 1.29 is 0 Å². The first-order valence-corrected chi connectivity index (χ1v) is 7.03. The number of halogens is 1. The van der Waals surface area contributed by atoms with Gasteiger partial charge in [0.15, 0.2) is 5.82 Å². The highest BCUT2D eigenvalue weighted by atomic mass is 35.5. The highest BCUT2D eigenvalue weighted by molar-refractivity contribution is 6.32. The number of nitrogens with two attached hydrogens (primary N) is 1. The lowest BCUT2D eigenvalue weighted by Gasteiger charge is -2.39. The topological polar surface area (TPSA) is 67.1 Å². The molecular weight excluding hydrogens is 262 g/mol. The van der Waals surface area contributed by atoms with Crippen LogP contribution in [0.2, 0.25) is 5.02 Å². The van der Waals surface area contributed by atoms with Crippen LogP contribution in [0, 0.1) is 11.3 Å². The minimum Gasteiger partial charge on any atom is -0.355 e. The minimum atomic E-state index is 0.367. The molecule has 6 heteroatoms. The van der Waals surface area contributed by atoms with E-state index in [9.17, 15) is 0 Å². The van der Waals surface area contributed by atoms with Crippen LogP contribution in [-0.4, -0.2) is 23.1 Å². The number of piperidine rings is 1. The summed E-state index contributed by atoms with van der Waals surface area (Å²) in [5.41, 5.74) is 2.83. The summed E-state index contributed by atoms with van der Waals surface area (Å²) in [6.45, 7) is 8.87. The molecule has 0 atom stereocenters. The molecule has 2 rings (SSSR count). The first kappa shape index (κ1) is 14.3. The predicted octanol–water partition coefficient (Wildman–Crippen LogP) is 2.68. The minimum absolute atomic E-state index is 0.367. The molecule has 1 fully saturated rings. The number of aromatic nitrogens is 2. The van der Waals surface area contributed by atoms with E-state index in [0.29, 0.717) is 16.4 Å². The van der Waals surface area contributed by atoms with Gasteiger partial charge in [-0.1, -0.05) is 32.4 Å². The fourth-order valence-corrected chi connectivity index (χ4v) is 2.82. The van der Waals surface area contributed by atoms with Gasteiger partial charge >= 0.3 is 0 Å². The molecule has 1 aromatic heterocycles. The number of hydrogen-bond donors (Lipinski definition) is 2. The normalized spacial score (nSPS) is 17.6. The lowest BCUT2D eigenvalue weighted by atomic mass is 9.75. The van der Waals surface area contributed by atoms with Gasteiger partial charge < -0.3 is 4.90 Å². The quantitative estimate of drug-likeness (QED) is 0.645. The molecule has 3 N–H and O–H groups in total. The summed E-state index contributed by atoms with van der Waals surface area (Å²) in [4.78, 5) is 10.6. The first-order valence-electron chi connectivity index (χ1n) is 6.66. The van der Waals surface area contributed by atoms with Crippen LogP contribution in [0.1, 0.15) is 33.6 Å². The second kappa shape index (κ2) is 5.51. The maximum atomic E-state index is 6.18. The van der Waals surface area contributed by atoms with E-state index in [0.717, 1.165) is 37.7 Å². The molecule has 0 amide bonds. The Balaban J connectivity index is 2.09. The van der Waals surface area contributed by atoms with Gasteiger partial charge in [0.2, 0.25) is 5.95 Å². The Morgan fingerprint density at radius 3 is 2.53 bits per heavy atom. The van der Waals surface area contributed by atoms with Gasteiger partial charge in [-0.2, -0.15) is 4.98 Å². The van der Waals surface area contributed by atoms with Crippen molar-refractivity contribution in [3.63, 3.8) is 0 Å². The molecule has 5 nitrogen and oxygen atoms in total. The molecule has 19 heavy (non-hydrogen) atoms. The van der Waals surface area contributed by atoms with Gasteiger partial charge in [0, 0.05) is 13.1 Å². The number of hydrogen-bond acceptors (Lipinski definition) is 5. The Morgan fingerprint density at radius 2 is 2.00 bits per heavy atom. The van der Waals surface area contributed by atoms with Crippen molar-refractivity contribution in [3.05, 3.63) is 11.2 Å². The first-order chi connectivity index (χ1) is 8.91. The average molecular weight is 284 g/mol. The van der Waals surface area contributed by atoms with E-state index in [2.05, 4.69) is 41.1 Å². The molecule has 0 aromatic carbocycles. The molecule has 0 bridgehead atoms. The molecule has 1 saturated heterocycles. The van der Waals surface area contributed by atoms with Crippen LogP contribution in [0.25, 0.3) is 0 Å². The standard InChI is InChI=1S/C13H22ClN5/c1-13(2,3)9-4-6-19(7-5-9)11-10(14)8-16-12(17-11)18-15/h8-9H,4-7,15H2,1-3H3,(H,16,17,18).